The zero-order chi connectivity index (χ0) is 17.0. The number of amides is 1. The Morgan fingerprint density at radius 2 is 1.68 bits per heavy atom. The lowest BCUT2D eigenvalue weighted by Gasteiger charge is -2.55. The second kappa shape index (κ2) is 5.72. The minimum atomic E-state index is -0.0885. The lowest BCUT2D eigenvalue weighted by atomic mass is 9.49. The van der Waals surface area contributed by atoms with Gasteiger partial charge in [0.25, 0.3) is 0 Å². The van der Waals surface area contributed by atoms with Crippen LogP contribution < -0.4 is 10.2 Å². The van der Waals surface area contributed by atoms with Crippen molar-refractivity contribution in [3.63, 3.8) is 0 Å². The number of aryl methyl sites for hydroxylation is 1. The summed E-state index contributed by atoms with van der Waals surface area (Å²) in [5, 5.41) is 3.27. The molecule has 0 atom stereocenters. The molecule has 4 saturated carbocycles. The summed E-state index contributed by atoms with van der Waals surface area (Å²) in [5.74, 6) is 3.73. The van der Waals surface area contributed by atoms with E-state index in [0.717, 1.165) is 67.3 Å². The number of nitrogens with one attached hydrogen (secondary N) is 1. The summed E-state index contributed by atoms with van der Waals surface area (Å²) >= 11 is 0. The fourth-order valence-electron chi connectivity index (χ4n) is 6.45. The molecule has 134 valence electrons. The van der Waals surface area contributed by atoms with Crippen molar-refractivity contribution in [2.24, 2.45) is 23.2 Å². The van der Waals surface area contributed by atoms with E-state index < -0.39 is 0 Å². The summed E-state index contributed by atoms with van der Waals surface area (Å²) in [6.45, 7) is 4.23. The number of nitrogens with zero attached hydrogens (tertiary/aromatic N) is 2. The van der Waals surface area contributed by atoms with Crippen molar-refractivity contribution in [3.05, 3.63) is 17.8 Å². The first kappa shape index (κ1) is 15.7. The van der Waals surface area contributed by atoms with Gasteiger partial charge >= 0.3 is 0 Å². The van der Waals surface area contributed by atoms with Crippen molar-refractivity contribution in [2.75, 3.05) is 23.3 Å². The highest BCUT2D eigenvalue weighted by atomic mass is 16.2. The summed E-state index contributed by atoms with van der Waals surface area (Å²) < 4.78 is 0. The molecule has 1 saturated heterocycles. The van der Waals surface area contributed by atoms with Gasteiger partial charge in [-0.2, -0.15) is 0 Å². The number of anilines is 2. The second-order valence-electron chi connectivity index (χ2n) is 9.15. The maximum atomic E-state index is 13.2. The third-order valence-corrected chi connectivity index (χ3v) is 7.27. The van der Waals surface area contributed by atoms with Gasteiger partial charge in [-0.15, -0.1) is 0 Å². The van der Waals surface area contributed by atoms with E-state index in [9.17, 15) is 4.79 Å². The van der Waals surface area contributed by atoms with E-state index in [2.05, 4.69) is 22.3 Å². The zero-order valence-corrected chi connectivity index (χ0v) is 15.3. The molecule has 4 bridgehead atoms. The Bertz CT molecular complexity index is 657. The Labute approximate surface area is 150 Å². The molecule has 1 aromatic rings. The minimum Gasteiger partial charge on any atom is -0.357 e. The first-order chi connectivity index (χ1) is 12.1. The van der Waals surface area contributed by atoms with Gasteiger partial charge in [-0.1, -0.05) is 0 Å². The molecule has 1 amide bonds. The Hall–Kier alpha value is -1.58. The summed E-state index contributed by atoms with van der Waals surface area (Å²) in [5.41, 5.74) is 1.76. The predicted octanol–water partition coefficient (Wildman–Crippen LogP) is 4.15. The van der Waals surface area contributed by atoms with Crippen LogP contribution in [0.3, 0.4) is 0 Å². The van der Waals surface area contributed by atoms with Crippen molar-refractivity contribution < 1.29 is 4.79 Å². The molecule has 2 heterocycles. The number of hydrogen-bond donors (Lipinski definition) is 1. The molecule has 6 rings (SSSR count). The van der Waals surface area contributed by atoms with Crippen molar-refractivity contribution in [1.29, 1.82) is 0 Å². The van der Waals surface area contributed by atoms with Gasteiger partial charge in [0.05, 0.1) is 16.8 Å². The van der Waals surface area contributed by atoms with Crippen LogP contribution in [0.25, 0.3) is 0 Å². The van der Waals surface area contributed by atoms with Gasteiger partial charge in [0.1, 0.15) is 5.82 Å². The van der Waals surface area contributed by atoms with Crippen LogP contribution in [-0.2, 0) is 4.79 Å². The van der Waals surface area contributed by atoms with Crippen LogP contribution in [0.1, 0.15) is 57.1 Å². The molecule has 4 aliphatic carbocycles. The third kappa shape index (κ3) is 2.65. The molecular formula is C21H29N3O. The van der Waals surface area contributed by atoms with Crippen LogP contribution in [0.2, 0.25) is 0 Å². The van der Waals surface area contributed by atoms with Gasteiger partial charge < -0.3 is 10.2 Å². The summed E-state index contributed by atoms with van der Waals surface area (Å²) in [6, 6.07) is 4.14. The van der Waals surface area contributed by atoms with E-state index >= 15 is 0 Å². The van der Waals surface area contributed by atoms with Crippen molar-refractivity contribution in [2.45, 2.75) is 58.3 Å². The lowest BCUT2D eigenvalue weighted by molar-refractivity contribution is -0.140. The average molecular weight is 339 g/mol. The molecule has 0 aromatic carbocycles. The fraction of sp³-hybridized carbons (Fsp3) is 0.714. The van der Waals surface area contributed by atoms with Crippen LogP contribution in [0.15, 0.2) is 12.1 Å². The molecule has 0 unspecified atom stereocenters. The largest absolute Gasteiger partial charge is 0.357 e. The van der Waals surface area contributed by atoms with Crippen molar-refractivity contribution in [1.82, 2.24) is 4.98 Å². The highest BCUT2D eigenvalue weighted by Crippen LogP contribution is 2.60. The number of carbonyl (C=O) groups is 1. The molecule has 4 heteroatoms. The SMILES string of the molecule is Cc1nc(N2CCCC2)ccc1NC(=O)C12CC3CC(CC(C3)C1)C2. The normalized spacial score (nSPS) is 36.0. The van der Waals surface area contributed by atoms with Crippen LogP contribution in [0, 0.1) is 30.1 Å². The van der Waals surface area contributed by atoms with Gasteiger partial charge in [-0.25, -0.2) is 4.98 Å². The molecule has 25 heavy (non-hydrogen) atoms. The van der Waals surface area contributed by atoms with Gasteiger partial charge in [0, 0.05) is 13.1 Å². The lowest BCUT2D eigenvalue weighted by Crippen LogP contribution is -2.51. The maximum Gasteiger partial charge on any atom is 0.230 e. The van der Waals surface area contributed by atoms with E-state index in [0.29, 0.717) is 0 Å². The van der Waals surface area contributed by atoms with Crippen LogP contribution in [0.4, 0.5) is 11.5 Å². The number of aromatic nitrogens is 1. The maximum absolute atomic E-state index is 13.2. The number of rotatable bonds is 3. The van der Waals surface area contributed by atoms with Gasteiger partial charge in [-0.3, -0.25) is 4.79 Å². The summed E-state index contributed by atoms with van der Waals surface area (Å²) in [7, 11) is 0. The summed E-state index contributed by atoms with van der Waals surface area (Å²) in [4.78, 5) is 20.3. The predicted molar refractivity (Wildman–Crippen MR) is 99.7 cm³/mol. The average Bonchev–Trinajstić information content (AvgIpc) is 3.10. The van der Waals surface area contributed by atoms with E-state index in [1.165, 1.54) is 32.1 Å². The fourth-order valence-corrected chi connectivity index (χ4v) is 6.45. The molecule has 1 aliphatic heterocycles. The van der Waals surface area contributed by atoms with Crippen molar-refractivity contribution >= 4 is 17.4 Å². The Balaban J connectivity index is 1.34. The van der Waals surface area contributed by atoms with Gasteiger partial charge in [0.2, 0.25) is 5.91 Å². The van der Waals surface area contributed by atoms with Crippen LogP contribution >= 0.6 is 0 Å². The monoisotopic (exact) mass is 339 g/mol. The Kier molecular flexibility index (Phi) is 3.58. The van der Waals surface area contributed by atoms with E-state index in [4.69, 9.17) is 4.98 Å². The third-order valence-electron chi connectivity index (χ3n) is 7.27. The molecule has 5 fully saturated rings. The molecule has 1 N–H and O–H groups in total. The van der Waals surface area contributed by atoms with Crippen LogP contribution in [0.5, 0.6) is 0 Å². The smallest absolute Gasteiger partial charge is 0.230 e. The summed E-state index contributed by atoms with van der Waals surface area (Å²) in [6.07, 6.45) is 9.97. The number of hydrogen-bond acceptors (Lipinski definition) is 3. The first-order valence-electron chi connectivity index (χ1n) is 10.2. The minimum absolute atomic E-state index is 0.0885. The zero-order valence-electron chi connectivity index (χ0n) is 15.3. The van der Waals surface area contributed by atoms with E-state index in [-0.39, 0.29) is 11.3 Å². The number of pyridine rings is 1. The molecular weight excluding hydrogens is 310 g/mol. The Morgan fingerprint density at radius 1 is 1.08 bits per heavy atom. The van der Waals surface area contributed by atoms with E-state index in [1.807, 2.05) is 6.92 Å². The Morgan fingerprint density at radius 3 is 2.24 bits per heavy atom. The van der Waals surface area contributed by atoms with Crippen LogP contribution in [-0.4, -0.2) is 24.0 Å². The standard InChI is InChI=1S/C21H29N3O/c1-14-18(4-5-19(22-14)24-6-2-3-7-24)23-20(25)21-11-15-8-16(12-21)10-17(9-15)13-21/h4-5,15-17H,2-3,6-13H2,1H3,(H,23,25). The van der Waals surface area contributed by atoms with E-state index in [1.54, 1.807) is 0 Å². The quantitative estimate of drug-likeness (QED) is 0.900. The molecule has 5 aliphatic rings. The molecule has 4 nitrogen and oxygen atoms in total. The van der Waals surface area contributed by atoms with Gasteiger partial charge in [0.15, 0.2) is 0 Å². The highest BCUT2D eigenvalue weighted by molar-refractivity contribution is 5.96. The highest BCUT2D eigenvalue weighted by Gasteiger charge is 2.54. The van der Waals surface area contributed by atoms with Crippen molar-refractivity contribution in [3.8, 4) is 0 Å². The second-order valence-corrected chi connectivity index (χ2v) is 9.15. The van der Waals surface area contributed by atoms with Gasteiger partial charge in [-0.05, 0) is 88.2 Å². The topological polar surface area (TPSA) is 45.2 Å². The number of carbonyl (C=O) groups excluding carboxylic acids is 1. The molecule has 0 radical (unpaired) electrons. The first-order valence-corrected chi connectivity index (χ1v) is 10.2. The molecule has 1 aromatic heterocycles. The molecule has 0 spiro atoms.